The molecule has 0 spiro atoms. The number of nitrogens with one attached hydrogen (secondary N) is 1. The first-order valence-electron chi connectivity index (χ1n) is 6.88. The Labute approximate surface area is 124 Å². The number of benzene rings is 1. The van der Waals surface area contributed by atoms with Crippen molar-refractivity contribution in [3.8, 4) is 11.5 Å². The molecule has 1 heterocycles. The standard InChI is InChI=1S/C15H21NO5/c1-19-12-5-3-4-11(13(12)20-2)14(18)16-15(10-17)6-8-21-9-7-15/h3-5,17H,6-10H2,1-2H3,(H,16,18). The van der Waals surface area contributed by atoms with Crippen LogP contribution >= 0.6 is 0 Å². The fraction of sp³-hybridized carbons (Fsp3) is 0.533. The molecule has 116 valence electrons. The maximum Gasteiger partial charge on any atom is 0.255 e. The number of aliphatic hydroxyl groups is 1. The van der Waals surface area contributed by atoms with Gasteiger partial charge in [0.15, 0.2) is 11.5 Å². The minimum atomic E-state index is -0.635. The van der Waals surface area contributed by atoms with Crippen LogP contribution < -0.4 is 14.8 Å². The summed E-state index contributed by atoms with van der Waals surface area (Å²) in [7, 11) is 3.01. The van der Waals surface area contributed by atoms with E-state index in [0.29, 0.717) is 43.1 Å². The molecular weight excluding hydrogens is 274 g/mol. The zero-order valence-electron chi connectivity index (χ0n) is 12.3. The lowest BCUT2D eigenvalue weighted by Gasteiger charge is -2.36. The summed E-state index contributed by atoms with van der Waals surface area (Å²) in [5.74, 6) is 0.592. The molecule has 1 aliphatic rings. The number of carbonyl (C=O) groups excluding carboxylic acids is 1. The van der Waals surface area contributed by atoms with Gasteiger partial charge in [0.2, 0.25) is 0 Å². The van der Waals surface area contributed by atoms with Crippen LogP contribution in [0.25, 0.3) is 0 Å². The number of ether oxygens (including phenoxy) is 3. The Bertz CT molecular complexity index is 497. The summed E-state index contributed by atoms with van der Waals surface area (Å²) in [6.45, 7) is 0.931. The van der Waals surface area contributed by atoms with Crippen LogP contribution in [-0.2, 0) is 4.74 Å². The van der Waals surface area contributed by atoms with E-state index in [-0.39, 0.29) is 12.5 Å². The Morgan fingerprint density at radius 3 is 2.62 bits per heavy atom. The SMILES string of the molecule is COc1cccc(C(=O)NC2(CO)CCOCC2)c1OC. The largest absolute Gasteiger partial charge is 0.493 e. The van der Waals surface area contributed by atoms with E-state index >= 15 is 0 Å². The Hall–Kier alpha value is -1.79. The summed E-state index contributed by atoms with van der Waals surface area (Å²) < 4.78 is 15.8. The minimum absolute atomic E-state index is 0.117. The zero-order valence-corrected chi connectivity index (χ0v) is 12.3. The van der Waals surface area contributed by atoms with Crippen LogP contribution in [0.5, 0.6) is 11.5 Å². The molecule has 0 aliphatic carbocycles. The third-order valence-electron chi connectivity index (χ3n) is 3.78. The lowest BCUT2D eigenvalue weighted by Crippen LogP contribution is -2.54. The minimum Gasteiger partial charge on any atom is -0.493 e. The molecule has 0 unspecified atom stereocenters. The van der Waals surface area contributed by atoms with Gasteiger partial charge in [-0.3, -0.25) is 4.79 Å². The second-order valence-corrected chi connectivity index (χ2v) is 5.05. The predicted molar refractivity (Wildman–Crippen MR) is 76.9 cm³/mol. The average Bonchev–Trinajstić information content (AvgIpc) is 2.54. The van der Waals surface area contributed by atoms with E-state index in [1.54, 1.807) is 18.2 Å². The van der Waals surface area contributed by atoms with Crippen LogP contribution in [0.4, 0.5) is 0 Å². The molecular formula is C15H21NO5. The van der Waals surface area contributed by atoms with Crippen LogP contribution in [-0.4, -0.2) is 50.6 Å². The van der Waals surface area contributed by atoms with Gasteiger partial charge in [0, 0.05) is 13.2 Å². The van der Waals surface area contributed by atoms with Crippen molar-refractivity contribution >= 4 is 5.91 Å². The van der Waals surface area contributed by atoms with E-state index in [1.165, 1.54) is 14.2 Å². The molecule has 1 amide bonds. The quantitative estimate of drug-likeness (QED) is 0.846. The zero-order chi connectivity index (χ0) is 15.3. The highest BCUT2D eigenvalue weighted by atomic mass is 16.5. The Morgan fingerprint density at radius 1 is 1.33 bits per heavy atom. The highest BCUT2D eigenvalue weighted by Gasteiger charge is 2.34. The van der Waals surface area contributed by atoms with Crippen molar-refractivity contribution < 1.29 is 24.1 Å². The molecule has 0 radical (unpaired) electrons. The highest BCUT2D eigenvalue weighted by Crippen LogP contribution is 2.31. The van der Waals surface area contributed by atoms with Gasteiger partial charge in [-0.05, 0) is 25.0 Å². The predicted octanol–water partition coefficient (Wildman–Crippen LogP) is 0.975. The topological polar surface area (TPSA) is 77.0 Å². The van der Waals surface area contributed by atoms with Crippen molar-refractivity contribution in [3.63, 3.8) is 0 Å². The van der Waals surface area contributed by atoms with Crippen LogP contribution in [0.2, 0.25) is 0 Å². The molecule has 6 nitrogen and oxygen atoms in total. The number of methoxy groups -OCH3 is 2. The first-order chi connectivity index (χ1) is 10.2. The van der Waals surface area contributed by atoms with Crippen LogP contribution in [0.15, 0.2) is 18.2 Å². The molecule has 1 aromatic rings. The average molecular weight is 295 g/mol. The fourth-order valence-corrected chi connectivity index (χ4v) is 2.46. The van der Waals surface area contributed by atoms with Gasteiger partial charge in [0.05, 0.1) is 31.9 Å². The second kappa shape index (κ2) is 6.78. The molecule has 1 aliphatic heterocycles. The number of hydrogen-bond donors (Lipinski definition) is 2. The summed E-state index contributed by atoms with van der Waals surface area (Å²) >= 11 is 0. The second-order valence-electron chi connectivity index (χ2n) is 5.05. The molecule has 6 heteroatoms. The Balaban J connectivity index is 2.23. The number of hydrogen-bond acceptors (Lipinski definition) is 5. The van der Waals surface area contributed by atoms with E-state index < -0.39 is 5.54 Å². The smallest absolute Gasteiger partial charge is 0.255 e. The van der Waals surface area contributed by atoms with Crippen molar-refractivity contribution in [2.75, 3.05) is 34.0 Å². The third-order valence-corrected chi connectivity index (χ3v) is 3.78. The van der Waals surface area contributed by atoms with E-state index in [0.717, 1.165) is 0 Å². The lowest BCUT2D eigenvalue weighted by molar-refractivity contribution is 0.0125. The van der Waals surface area contributed by atoms with E-state index in [4.69, 9.17) is 14.2 Å². The van der Waals surface area contributed by atoms with Gasteiger partial charge in [-0.25, -0.2) is 0 Å². The van der Waals surface area contributed by atoms with Gasteiger partial charge in [-0.15, -0.1) is 0 Å². The van der Waals surface area contributed by atoms with Crippen molar-refractivity contribution in [2.45, 2.75) is 18.4 Å². The summed E-state index contributed by atoms with van der Waals surface area (Å²) in [6.07, 6.45) is 1.17. The Morgan fingerprint density at radius 2 is 2.05 bits per heavy atom. The molecule has 2 N–H and O–H groups in total. The molecule has 0 saturated carbocycles. The van der Waals surface area contributed by atoms with Crippen molar-refractivity contribution in [1.29, 1.82) is 0 Å². The molecule has 0 aromatic heterocycles. The summed E-state index contributed by atoms with van der Waals surface area (Å²) in [6, 6.07) is 5.12. The van der Waals surface area contributed by atoms with Crippen molar-refractivity contribution in [1.82, 2.24) is 5.32 Å². The fourth-order valence-electron chi connectivity index (χ4n) is 2.46. The van der Waals surface area contributed by atoms with Gasteiger partial charge in [0.1, 0.15) is 0 Å². The van der Waals surface area contributed by atoms with Gasteiger partial charge in [-0.1, -0.05) is 6.07 Å². The van der Waals surface area contributed by atoms with Gasteiger partial charge in [0.25, 0.3) is 5.91 Å². The van der Waals surface area contributed by atoms with Crippen LogP contribution in [0, 0.1) is 0 Å². The van der Waals surface area contributed by atoms with Crippen molar-refractivity contribution in [2.24, 2.45) is 0 Å². The number of para-hydroxylation sites is 1. The number of aliphatic hydroxyl groups excluding tert-OH is 1. The van der Waals surface area contributed by atoms with E-state index in [2.05, 4.69) is 5.32 Å². The Kier molecular flexibility index (Phi) is 5.03. The van der Waals surface area contributed by atoms with Crippen molar-refractivity contribution in [3.05, 3.63) is 23.8 Å². The molecule has 0 atom stereocenters. The first kappa shape index (κ1) is 15.6. The van der Waals surface area contributed by atoms with Gasteiger partial charge < -0.3 is 24.6 Å². The first-order valence-corrected chi connectivity index (χ1v) is 6.88. The summed E-state index contributed by atoms with van der Waals surface area (Å²) in [5, 5.41) is 12.6. The van der Waals surface area contributed by atoms with Crippen LogP contribution in [0.3, 0.4) is 0 Å². The van der Waals surface area contributed by atoms with Gasteiger partial charge in [-0.2, -0.15) is 0 Å². The molecule has 1 aromatic carbocycles. The van der Waals surface area contributed by atoms with E-state index in [9.17, 15) is 9.90 Å². The maximum atomic E-state index is 12.5. The molecule has 2 rings (SSSR count). The van der Waals surface area contributed by atoms with Gasteiger partial charge >= 0.3 is 0 Å². The normalized spacial score (nSPS) is 17.1. The monoisotopic (exact) mass is 295 g/mol. The molecule has 21 heavy (non-hydrogen) atoms. The molecule has 1 saturated heterocycles. The highest BCUT2D eigenvalue weighted by molar-refractivity contribution is 5.98. The number of amides is 1. The molecule has 1 fully saturated rings. The summed E-state index contributed by atoms with van der Waals surface area (Å²) in [4.78, 5) is 12.5. The maximum absolute atomic E-state index is 12.5. The number of rotatable bonds is 5. The van der Waals surface area contributed by atoms with E-state index in [1.807, 2.05) is 0 Å². The third kappa shape index (κ3) is 3.28. The molecule has 0 bridgehead atoms. The number of carbonyl (C=O) groups is 1. The summed E-state index contributed by atoms with van der Waals surface area (Å²) in [5.41, 5.74) is -0.250. The lowest BCUT2D eigenvalue weighted by atomic mass is 9.90. The van der Waals surface area contributed by atoms with Crippen LogP contribution in [0.1, 0.15) is 23.2 Å².